The minimum absolute atomic E-state index is 0.165. The Labute approximate surface area is 101 Å². The SMILES string of the molecule is CC(O)CC(C)CNC(C)C1CCCCC1. The van der Waals surface area contributed by atoms with Crippen molar-refractivity contribution in [1.29, 1.82) is 0 Å². The summed E-state index contributed by atoms with van der Waals surface area (Å²) in [5, 5.41) is 13.0. The van der Waals surface area contributed by atoms with Gasteiger partial charge in [-0.2, -0.15) is 0 Å². The molecule has 1 aliphatic rings. The van der Waals surface area contributed by atoms with Crippen molar-refractivity contribution in [3.8, 4) is 0 Å². The molecule has 0 heterocycles. The van der Waals surface area contributed by atoms with Crippen LogP contribution in [0, 0.1) is 11.8 Å². The van der Waals surface area contributed by atoms with E-state index >= 15 is 0 Å². The zero-order chi connectivity index (χ0) is 12.0. The van der Waals surface area contributed by atoms with Crippen molar-refractivity contribution in [1.82, 2.24) is 5.32 Å². The largest absolute Gasteiger partial charge is 0.393 e. The minimum atomic E-state index is -0.165. The van der Waals surface area contributed by atoms with Gasteiger partial charge in [-0.15, -0.1) is 0 Å². The number of hydrogen-bond acceptors (Lipinski definition) is 2. The van der Waals surface area contributed by atoms with Crippen molar-refractivity contribution in [2.75, 3.05) is 6.54 Å². The van der Waals surface area contributed by atoms with Gasteiger partial charge in [0.2, 0.25) is 0 Å². The third-order valence-corrected chi connectivity index (χ3v) is 3.89. The van der Waals surface area contributed by atoms with Gasteiger partial charge in [0.25, 0.3) is 0 Å². The summed E-state index contributed by atoms with van der Waals surface area (Å²) in [6.07, 6.45) is 7.81. The van der Waals surface area contributed by atoms with Crippen molar-refractivity contribution in [3.05, 3.63) is 0 Å². The van der Waals surface area contributed by atoms with E-state index in [0.717, 1.165) is 18.9 Å². The van der Waals surface area contributed by atoms with Crippen LogP contribution in [0.2, 0.25) is 0 Å². The van der Waals surface area contributed by atoms with E-state index in [1.165, 1.54) is 32.1 Å². The minimum Gasteiger partial charge on any atom is -0.393 e. The second kappa shape index (κ2) is 7.29. The summed E-state index contributed by atoms with van der Waals surface area (Å²) in [5.41, 5.74) is 0. The van der Waals surface area contributed by atoms with E-state index in [2.05, 4.69) is 19.2 Å². The Bertz CT molecular complexity index is 176. The van der Waals surface area contributed by atoms with Crippen molar-refractivity contribution >= 4 is 0 Å². The van der Waals surface area contributed by atoms with E-state index in [-0.39, 0.29) is 6.10 Å². The van der Waals surface area contributed by atoms with E-state index in [0.29, 0.717) is 12.0 Å². The first kappa shape index (κ1) is 14.0. The van der Waals surface area contributed by atoms with E-state index in [9.17, 15) is 5.11 Å². The third kappa shape index (κ3) is 5.31. The Hall–Kier alpha value is -0.0800. The lowest BCUT2D eigenvalue weighted by molar-refractivity contribution is 0.160. The van der Waals surface area contributed by atoms with Crippen molar-refractivity contribution < 1.29 is 5.11 Å². The van der Waals surface area contributed by atoms with Crippen molar-refractivity contribution in [2.45, 2.75) is 71.4 Å². The molecular weight excluding hydrogens is 198 g/mol. The Kier molecular flexibility index (Phi) is 6.37. The molecule has 0 aliphatic heterocycles. The maximum Gasteiger partial charge on any atom is 0.0515 e. The van der Waals surface area contributed by atoms with Crippen LogP contribution >= 0.6 is 0 Å². The number of aliphatic hydroxyl groups excluding tert-OH is 1. The van der Waals surface area contributed by atoms with Gasteiger partial charge in [0.15, 0.2) is 0 Å². The van der Waals surface area contributed by atoms with Crippen molar-refractivity contribution in [3.63, 3.8) is 0 Å². The van der Waals surface area contributed by atoms with Gasteiger partial charge in [0.1, 0.15) is 0 Å². The second-order valence-electron chi connectivity index (χ2n) is 5.78. The topological polar surface area (TPSA) is 32.3 Å². The van der Waals surface area contributed by atoms with Crippen molar-refractivity contribution in [2.24, 2.45) is 11.8 Å². The van der Waals surface area contributed by atoms with Crippen LogP contribution in [-0.2, 0) is 0 Å². The molecule has 2 nitrogen and oxygen atoms in total. The molecule has 16 heavy (non-hydrogen) atoms. The summed E-state index contributed by atoms with van der Waals surface area (Å²) in [4.78, 5) is 0. The summed E-state index contributed by atoms with van der Waals surface area (Å²) in [5.74, 6) is 1.46. The molecule has 96 valence electrons. The van der Waals surface area contributed by atoms with Gasteiger partial charge in [-0.25, -0.2) is 0 Å². The standard InChI is InChI=1S/C14H29NO/c1-11(9-12(2)16)10-15-13(3)14-7-5-4-6-8-14/h11-16H,4-10H2,1-3H3. The highest BCUT2D eigenvalue weighted by Crippen LogP contribution is 2.26. The Morgan fingerprint density at radius 2 is 1.75 bits per heavy atom. The summed E-state index contributed by atoms with van der Waals surface area (Å²) in [6, 6.07) is 0.650. The molecule has 1 fully saturated rings. The van der Waals surface area contributed by atoms with Crippen LogP contribution in [0.5, 0.6) is 0 Å². The molecule has 1 saturated carbocycles. The molecule has 1 aliphatic carbocycles. The monoisotopic (exact) mass is 227 g/mol. The second-order valence-corrected chi connectivity index (χ2v) is 5.78. The molecule has 0 spiro atoms. The molecule has 0 amide bonds. The van der Waals surface area contributed by atoms with Gasteiger partial charge in [0, 0.05) is 6.04 Å². The fourth-order valence-corrected chi connectivity index (χ4v) is 2.85. The summed E-state index contributed by atoms with van der Waals surface area (Å²) < 4.78 is 0. The van der Waals surface area contributed by atoms with Crippen LogP contribution in [0.4, 0.5) is 0 Å². The molecule has 3 atom stereocenters. The first-order valence-corrected chi connectivity index (χ1v) is 7.01. The van der Waals surface area contributed by atoms with E-state index < -0.39 is 0 Å². The molecular formula is C14H29NO. The highest BCUT2D eigenvalue weighted by molar-refractivity contribution is 4.76. The first-order valence-electron chi connectivity index (χ1n) is 7.01. The van der Waals surface area contributed by atoms with Gasteiger partial charge >= 0.3 is 0 Å². The number of aliphatic hydroxyl groups is 1. The maximum absolute atomic E-state index is 9.31. The van der Waals surface area contributed by atoms with Crippen LogP contribution in [-0.4, -0.2) is 23.8 Å². The van der Waals surface area contributed by atoms with Gasteiger partial charge in [-0.05, 0) is 51.5 Å². The van der Waals surface area contributed by atoms with Gasteiger partial charge in [0.05, 0.1) is 6.10 Å². The van der Waals surface area contributed by atoms with Gasteiger partial charge in [-0.1, -0.05) is 26.2 Å². The Morgan fingerprint density at radius 3 is 2.31 bits per heavy atom. The summed E-state index contributed by atoms with van der Waals surface area (Å²) >= 11 is 0. The van der Waals surface area contributed by atoms with E-state index in [4.69, 9.17) is 0 Å². The number of nitrogens with one attached hydrogen (secondary N) is 1. The lowest BCUT2D eigenvalue weighted by Crippen LogP contribution is -2.37. The lowest BCUT2D eigenvalue weighted by Gasteiger charge is -2.29. The highest BCUT2D eigenvalue weighted by Gasteiger charge is 2.20. The molecule has 0 aromatic rings. The van der Waals surface area contributed by atoms with Gasteiger partial charge in [-0.3, -0.25) is 0 Å². The maximum atomic E-state index is 9.31. The molecule has 0 radical (unpaired) electrons. The smallest absolute Gasteiger partial charge is 0.0515 e. The summed E-state index contributed by atoms with van der Waals surface area (Å²) in [6.45, 7) is 7.46. The van der Waals surface area contributed by atoms with E-state index in [1.54, 1.807) is 0 Å². The summed E-state index contributed by atoms with van der Waals surface area (Å²) in [7, 11) is 0. The molecule has 1 rings (SSSR count). The molecule has 0 aromatic carbocycles. The molecule has 0 bridgehead atoms. The quantitative estimate of drug-likeness (QED) is 0.731. The molecule has 0 aromatic heterocycles. The molecule has 2 heteroatoms. The fourth-order valence-electron chi connectivity index (χ4n) is 2.85. The highest BCUT2D eigenvalue weighted by atomic mass is 16.3. The number of rotatable bonds is 6. The van der Waals surface area contributed by atoms with Crippen LogP contribution in [0.3, 0.4) is 0 Å². The van der Waals surface area contributed by atoms with Crippen LogP contribution in [0.1, 0.15) is 59.3 Å². The normalized spacial score (nSPS) is 24.0. The fraction of sp³-hybridized carbons (Fsp3) is 1.00. The van der Waals surface area contributed by atoms with Gasteiger partial charge < -0.3 is 10.4 Å². The molecule has 3 unspecified atom stereocenters. The average Bonchev–Trinajstić information content (AvgIpc) is 2.26. The Morgan fingerprint density at radius 1 is 1.12 bits per heavy atom. The molecule has 0 saturated heterocycles. The zero-order valence-electron chi connectivity index (χ0n) is 11.2. The predicted octanol–water partition coefficient (Wildman–Crippen LogP) is 2.95. The number of hydrogen-bond donors (Lipinski definition) is 2. The van der Waals surface area contributed by atoms with Crippen LogP contribution in [0.15, 0.2) is 0 Å². The lowest BCUT2D eigenvalue weighted by atomic mass is 9.84. The van der Waals surface area contributed by atoms with Crippen LogP contribution in [0.25, 0.3) is 0 Å². The Balaban J connectivity index is 2.15. The first-order chi connectivity index (χ1) is 7.59. The zero-order valence-corrected chi connectivity index (χ0v) is 11.2. The molecule has 2 N–H and O–H groups in total. The van der Waals surface area contributed by atoms with Crippen LogP contribution < -0.4 is 5.32 Å². The average molecular weight is 227 g/mol. The predicted molar refractivity (Wildman–Crippen MR) is 69.5 cm³/mol. The van der Waals surface area contributed by atoms with E-state index in [1.807, 2.05) is 6.92 Å². The third-order valence-electron chi connectivity index (χ3n) is 3.89.